The quantitative estimate of drug-likeness (QED) is 0.261. The highest BCUT2D eigenvalue weighted by Crippen LogP contribution is 2.35. The smallest absolute Gasteiger partial charge is 0.333 e. The van der Waals surface area contributed by atoms with E-state index < -0.39 is 11.9 Å². The summed E-state index contributed by atoms with van der Waals surface area (Å²) < 4.78 is 13.1. The summed E-state index contributed by atoms with van der Waals surface area (Å²) in [5.74, 6) is 0.566. The zero-order chi connectivity index (χ0) is 23.5. The molecular formula is C24H17Br2ClN2O4. The van der Waals surface area contributed by atoms with Gasteiger partial charge in [-0.1, -0.05) is 55.6 Å². The topological polar surface area (TPSA) is 67.9 Å². The third-order valence-electron chi connectivity index (χ3n) is 4.85. The van der Waals surface area contributed by atoms with Crippen molar-refractivity contribution in [3.63, 3.8) is 0 Å². The van der Waals surface area contributed by atoms with Crippen molar-refractivity contribution in [1.29, 1.82) is 0 Å². The van der Waals surface area contributed by atoms with Crippen molar-refractivity contribution < 1.29 is 19.1 Å². The molecule has 0 aliphatic carbocycles. The summed E-state index contributed by atoms with van der Waals surface area (Å²) in [6.45, 7) is 0.362. The van der Waals surface area contributed by atoms with Gasteiger partial charge in [0, 0.05) is 14.0 Å². The predicted octanol–water partition coefficient (Wildman–Crippen LogP) is 6.55. The molecule has 1 aliphatic rings. The summed E-state index contributed by atoms with van der Waals surface area (Å²) in [6, 6.07) is 17.2. The highest BCUT2D eigenvalue weighted by atomic mass is 79.9. The van der Waals surface area contributed by atoms with Crippen LogP contribution in [0.1, 0.15) is 11.1 Å². The SMILES string of the molecule is COc1cc(/C=C2/NC(=O)N(c3ccc(Cl)cc3)C2=O)c(Br)cc1OCc1ccc(Br)cc1. The molecule has 0 spiro atoms. The lowest BCUT2D eigenvalue weighted by atomic mass is 10.1. The standard InChI is InChI=1S/C24H17Br2ClN2O4/c1-32-21-11-15(19(26)12-22(21)33-13-14-2-4-16(25)5-3-14)10-20-23(30)29(24(31)28-20)18-8-6-17(27)7-9-18/h2-12H,13H2,1H3,(H,28,31)/b20-10+. The molecule has 3 aromatic carbocycles. The lowest BCUT2D eigenvalue weighted by molar-refractivity contribution is -0.113. The number of ether oxygens (including phenoxy) is 2. The first-order chi connectivity index (χ1) is 15.9. The second-order valence-corrected chi connectivity index (χ2v) is 9.25. The van der Waals surface area contributed by atoms with Crippen LogP contribution in [0.3, 0.4) is 0 Å². The number of methoxy groups -OCH3 is 1. The molecular weight excluding hydrogens is 576 g/mol. The number of halogens is 3. The number of imide groups is 1. The van der Waals surface area contributed by atoms with Crippen molar-refractivity contribution in [2.24, 2.45) is 0 Å². The minimum atomic E-state index is -0.536. The molecule has 168 valence electrons. The third kappa shape index (κ3) is 5.24. The molecule has 0 bridgehead atoms. The average molecular weight is 593 g/mol. The first-order valence-electron chi connectivity index (χ1n) is 9.73. The molecule has 0 aromatic heterocycles. The van der Waals surface area contributed by atoms with Crippen LogP contribution in [0.25, 0.3) is 6.08 Å². The zero-order valence-electron chi connectivity index (χ0n) is 17.3. The van der Waals surface area contributed by atoms with Crippen molar-refractivity contribution in [2.45, 2.75) is 6.61 Å². The van der Waals surface area contributed by atoms with Crippen LogP contribution in [0.4, 0.5) is 10.5 Å². The number of amides is 3. The second kappa shape index (κ2) is 9.99. The fraction of sp³-hybridized carbons (Fsp3) is 0.0833. The van der Waals surface area contributed by atoms with Gasteiger partial charge in [-0.05, 0) is 65.7 Å². The molecule has 9 heteroatoms. The van der Waals surface area contributed by atoms with Crippen molar-refractivity contribution in [1.82, 2.24) is 5.32 Å². The molecule has 4 rings (SSSR count). The van der Waals surface area contributed by atoms with Gasteiger partial charge in [0.1, 0.15) is 12.3 Å². The van der Waals surface area contributed by atoms with Crippen LogP contribution in [0, 0.1) is 0 Å². The van der Waals surface area contributed by atoms with E-state index in [9.17, 15) is 9.59 Å². The van der Waals surface area contributed by atoms with Gasteiger partial charge in [-0.3, -0.25) is 4.79 Å². The van der Waals surface area contributed by atoms with Crippen LogP contribution in [-0.4, -0.2) is 19.0 Å². The number of rotatable bonds is 6. The van der Waals surface area contributed by atoms with E-state index in [0.717, 1.165) is 14.9 Å². The van der Waals surface area contributed by atoms with Crippen LogP contribution in [0.2, 0.25) is 5.02 Å². The maximum Gasteiger partial charge on any atom is 0.333 e. The highest BCUT2D eigenvalue weighted by Gasteiger charge is 2.35. The number of hydrogen-bond acceptors (Lipinski definition) is 4. The zero-order valence-corrected chi connectivity index (χ0v) is 21.2. The largest absolute Gasteiger partial charge is 0.493 e. The maximum atomic E-state index is 12.9. The molecule has 0 saturated carbocycles. The highest BCUT2D eigenvalue weighted by molar-refractivity contribution is 9.10. The minimum absolute atomic E-state index is 0.140. The summed E-state index contributed by atoms with van der Waals surface area (Å²) >= 11 is 12.8. The van der Waals surface area contributed by atoms with Crippen LogP contribution in [-0.2, 0) is 11.4 Å². The van der Waals surface area contributed by atoms with E-state index >= 15 is 0 Å². The molecule has 1 aliphatic heterocycles. The van der Waals surface area contributed by atoms with Crippen LogP contribution >= 0.6 is 43.5 Å². The molecule has 1 fully saturated rings. The Bertz CT molecular complexity index is 1240. The fourth-order valence-electron chi connectivity index (χ4n) is 3.19. The maximum absolute atomic E-state index is 12.9. The number of hydrogen-bond donors (Lipinski definition) is 1. The summed E-state index contributed by atoms with van der Waals surface area (Å²) in [6.07, 6.45) is 1.58. The lowest BCUT2D eigenvalue weighted by Crippen LogP contribution is -2.30. The first-order valence-corrected chi connectivity index (χ1v) is 11.7. The Hall–Kier alpha value is -2.81. The van der Waals surface area contributed by atoms with E-state index in [1.807, 2.05) is 24.3 Å². The Morgan fingerprint density at radius 2 is 1.70 bits per heavy atom. The molecule has 1 saturated heterocycles. The third-order valence-corrected chi connectivity index (χ3v) is 6.32. The Kier molecular flexibility index (Phi) is 7.07. The van der Waals surface area contributed by atoms with Crippen LogP contribution < -0.4 is 19.7 Å². The summed E-state index contributed by atoms with van der Waals surface area (Å²) in [7, 11) is 1.54. The Labute approximate surface area is 212 Å². The van der Waals surface area contributed by atoms with Crippen LogP contribution in [0.5, 0.6) is 11.5 Å². The monoisotopic (exact) mass is 590 g/mol. The molecule has 1 heterocycles. The number of urea groups is 1. The van der Waals surface area contributed by atoms with Gasteiger partial charge < -0.3 is 14.8 Å². The second-order valence-electron chi connectivity index (χ2n) is 7.04. The van der Waals surface area contributed by atoms with E-state index in [-0.39, 0.29) is 5.70 Å². The Balaban J connectivity index is 1.57. The van der Waals surface area contributed by atoms with Crippen molar-refractivity contribution in [3.8, 4) is 11.5 Å². The van der Waals surface area contributed by atoms with E-state index in [0.29, 0.717) is 38.9 Å². The van der Waals surface area contributed by atoms with Gasteiger partial charge >= 0.3 is 6.03 Å². The number of nitrogens with one attached hydrogen (secondary N) is 1. The number of benzene rings is 3. The van der Waals surface area contributed by atoms with Crippen molar-refractivity contribution in [2.75, 3.05) is 12.0 Å². The van der Waals surface area contributed by atoms with Gasteiger partial charge in [0.2, 0.25) is 0 Å². The molecule has 0 radical (unpaired) electrons. The molecule has 0 atom stereocenters. The molecule has 3 amide bonds. The Morgan fingerprint density at radius 3 is 2.36 bits per heavy atom. The van der Waals surface area contributed by atoms with Gasteiger partial charge in [0.05, 0.1) is 12.8 Å². The van der Waals surface area contributed by atoms with E-state index in [1.165, 1.54) is 7.11 Å². The fourth-order valence-corrected chi connectivity index (χ4v) is 4.02. The predicted molar refractivity (Wildman–Crippen MR) is 135 cm³/mol. The van der Waals surface area contributed by atoms with Gasteiger partial charge in [-0.15, -0.1) is 0 Å². The summed E-state index contributed by atoms with van der Waals surface area (Å²) in [5, 5.41) is 3.13. The molecule has 33 heavy (non-hydrogen) atoms. The van der Waals surface area contributed by atoms with Crippen LogP contribution in [0.15, 0.2) is 75.3 Å². The van der Waals surface area contributed by atoms with Crippen molar-refractivity contribution >= 4 is 67.2 Å². The number of carbonyl (C=O) groups excluding carboxylic acids is 2. The van der Waals surface area contributed by atoms with Gasteiger partial charge in [-0.25, -0.2) is 9.69 Å². The molecule has 1 N–H and O–H groups in total. The molecule has 3 aromatic rings. The normalized spacial score (nSPS) is 14.5. The summed E-state index contributed by atoms with van der Waals surface area (Å²) in [5.41, 5.74) is 2.22. The first kappa shape index (κ1) is 23.4. The van der Waals surface area contributed by atoms with E-state index in [1.54, 1.807) is 42.5 Å². The Morgan fingerprint density at radius 1 is 1.00 bits per heavy atom. The number of carbonyl (C=O) groups is 2. The lowest BCUT2D eigenvalue weighted by Gasteiger charge is -2.13. The average Bonchev–Trinajstić information content (AvgIpc) is 3.08. The van der Waals surface area contributed by atoms with Crippen molar-refractivity contribution in [3.05, 3.63) is 91.5 Å². The number of anilines is 1. The number of nitrogens with zero attached hydrogens (tertiary/aromatic N) is 1. The molecule has 0 unspecified atom stereocenters. The molecule has 6 nitrogen and oxygen atoms in total. The minimum Gasteiger partial charge on any atom is -0.493 e. The van der Waals surface area contributed by atoms with E-state index in [2.05, 4.69) is 37.2 Å². The van der Waals surface area contributed by atoms with Gasteiger partial charge in [0.15, 0.2) is 11.5 Å². The van der Waals surface area contributed by atoms with Gasteiger partial charge in [0.25, 0.3) is 5.91 Å². The summed E-state index contributed by atoms with van der Waals surface area (Å²) in [4.78, 5) is 26.4. The van der Waals surface area contributed by atoms with Gasteiger partial charge in [-0.2, -0.15) is 0 Å². The van der Waals surface area contributed by atoms with E-state index in [4.69, 9.17) is 21.1 Å².